The highest BCUT2D eigenvalue weighted by Gasteiger charge is 2.53. The molecule has 2 unspecified atom stereocenters. The first kappa shape index (κ1) is 17.8. The highest BCUT2D eigenvalue weighted by atomic mass is 16.5. The molecule has 4 heteroatoms. The molecule has 2 aromatic rings. The summed E-state index contributed by atoms with van der Waals surface area (Å²) in [4.78, 5) is 7.23. The van der Waals surface area contributed by atoms with Gasteiger partial charge in [-0.1, -0.05) is 31.2 Å². The summed E-state index contributed by atoms with van der Waals surface area (Å²) in [5.74, 6) is 2.89. The lowest BCUT2D eigenvalue weighted by atomic mass is 9.66. The van der Waals surface area contributed by atoms with Crippen molar-refractivity contribution in [1.29, 1.82) is 0 Å². The van der Waals surface area contributed by atoms with Crippen molar-refractivity contribution in [3.63, 3.8) is 0 Å². The fourth-order valence-electron chi connectivity index (χ4n) is 4.70. The summed E-state index contributed by atoms with van der Waals surface area (Å²) in [5, 5.41) is 0. The molecular weight excluding hydrogens is 360 g/mol. The highest BCUT2D eigenvalue weighted by Crippen LogP contribution is 2.53. The van der Waals surface area contributed by atoms with Gasteiger partial charge in [-0.15, -0.1) is 0 Å². The second-order valence-electron chi connectivity index (χ2n) is 7.68. The van der Waals surface area contributed by atoms with Crippen LogP contribution in [-0.2, 0) is 0 Å². The van der Waals surface area contributed by atoms with E-state index >= 15 is 0 Å². The summed E-state index contributed by atoms with van der Waals surface area (Å²) in [7, 11) is 1.70. The topological polar surface area (TPSA) is 34.1 Å². The third-order valence-electron chi connectivity index (χ3n) is 6.24. The van der Waals surface area contributed by atoms with E-state index < -0.39 is 0 Å². The van der Waals surface area contributed by atoms with E-state index in [-0.39, 0.29) is 5.41 Å². The van der Waals surface area contributed by atoms with Gasteiger partial charge in [0.1, 0.15) is 17.3 Å². The zero-order valence-corrected chi connectivity index (χ0v) is 16.7. The first-order chi connectivity index (χ1) is 14.2. The minimum absolute atomic E-state index is 0.159. The Balaban J connectivity index is 1.56. The Hall–Kier alpha value is -3.27. The van der Waals surface area contributed by atoms with E-state index in [4.69, 9.17) is 14.5 Å². The molecule has 146 valence electrons. The Morgan fingerprint density at radius 3 is 2.55 bits per heavy atom. The van der Waals surface area contributed by atoms with Crippen LogP contribution >= 0.6 is 0 Å². The number of aliphatic imine (C=N–C) groups is 1. The van der Waals surface area contributed by atoms with Crippen molar-refractivity contribution in [1.82, 2.24) is 0 Å². The SMILES string of the molecule is COc1ccc(N2CCC34C2=CC=C(Oc2ccccc2)C3=NC=CC4C)cc1. The molecule has 0 aromatic heterocycles. The van der Waals surface area contributed by atoms with E-state index in [2.05, 4.69) is 42.2 Å². The lowest BCUT2D eigenvalue weighted by Crippen LogP contribution is -2.42. The lowest BCUT2D eigenvalue weighted by Gasteiger charge is -2.41. The average molecular weight is 384 g/mol. The van der Waals surface area contributed by atoms with Crippen LogP contribution in [0.5, 0.6) is 11.5 Å². The van der Waals surface area contributed by atoms with Crippen molar-refractivity contribution >= 4 is 11.4 Å². The van der Waals surface area contributed by atoms with Gasteiger partial charge >= 0.3 is 0 Å². The Bertz CT molecular complexity index is 1030. The van der Waals surface area contributed by atoms with Gasteiger partial charge in [0, 0.05) is 24.1 Å². The number of nitrogens with zero attached hydrogens (tertiary/aromatic N) is 2. The van der Waals surface area contributed by atoms with Crippen LogP contribution in [0.3, 0.4) is 0 Å². The number of ether oxygens (including phenoxy) is 2. The summed E-state index contributed by atoms with van der Waals surface area (Å²) in [6, 6.07) is 18.2. The fourth-order valence-corrected chi connectivity index (χ4v) is 4.70. The molecule has 0 amide bonds. The number of hydrogen-bond acceptors (Lipinski definition) is 4. The van der Waals surface area contributed by atoms with Gasteiger partial charge in [-0.05, 0) is 60.9 Å². The summed E-state index contributed by atoms with van der Waals surface area (Å²) < 4.78 is 11.6. The van der Waals surface area contributed by atoms with E-state index in [1.54, 1.807) is 7.11 Å². The minimum Gasteiger partial charge on any atom is -0.497 e. The monoisotopic (exact) mass is 384 g/mol. The molecule has 0 N–H and O–H groups in total. The van der Waals surface area contributed by atoms with Crippen molar-refractivity contribution in [3.05, 3.63) is 90.5 Å². The van der Waals surface area contributed by atoms with Gasteiger partial charge in [-0.3, -0.25) is 4.99 Å². The van der Waals surface area contributed by atoms with Crippen molar-refractivity contribution < 1.29 is 9.47 Å². The van der Waals surface area contributed by atoms with Crippen LogP contribution in [0.4, 0.5) is 5.69 Å². The molecule has 1 aliphatic carbocycles. The van der Waals surface area contributed by atoms with Crippen LogP contribution in [0, 0.1) is 11.3 Å². The van der Waals surface area contributed by atoms with E-state index in [1.807, 2.05) is 48.7 Å². The Kier molecular flexibility index (Phi) is 4.27. The number of para-hydroxylation sites is 1. The molecule has 3 aliphatic rings. The van der Waals surface area contributed by atoms with Crippen LogP contribution in [0.25, 0.3) is 0 Å². The predicted molar refractivity (Wildman–Crippen MR) is 116 cm³/mol. The normalized spacial score (nSPS) is 24.8. The average Bonchev–Trinajstić information content (AvgIpc) is 3.16. The molecule has 2 aromatic carbocycles. The third-order valence-corrected chi connectivity index (χ3v) is 6.24. The first-order valence-corrected chi connectivity index (χ1v) is 10.0. The molecule has 1 saturated heterocycles. The van der Waals surface area contributed by atoms with Gasteiger partial charge in [0.15, 0.2) is 0 Å². The molecular formula is C25H24N2O2. The van der Waals surface area contributed by atoms with E-state index in [0.29, 0.717) is 5.92 Å². The molecule has 2 heterocycles. The number of hydrogen-bond donors (Lipinski definition) is 0. The van der Waals surface area contributed by atoms with Crippen LogP contribution in [-0.4, -0.2) is 19.4 Å². The number of benzene rings is 2. The van der Waals surface area contributed by atoms with Crippen LogP contribution in [0.15, 0.2) is 95.5 Å². The summed E-state index contributed by atoms with van der Waals surface area (Å²) in [5.41, 5.74) is 3.34. The standard InChI is InChI=1S/C25H24N2O2/c1-18-14-16-26-24-22(29-21-6-4-3-5-7-21)12-13-23-25(18,24)15-17-27(23)19-8-10-20(28-2)11-9-19/h3-14,16,18H,15,17H2,1-2H3. The zero-order valence-electron chi connectivity index (χ0n) is 16.7. The van der Waals surface area contributed by atoms with Crippen molar-refractivity contribution in [3.8, 4) is 11.5 Å². The van der Waals surface area contributed by atoms with Gasteiger partial charge < -0.3 is 14.4 Å². The summed E-state index contributed by atoms with van der Waals surface area (Å²) in [6.45, 7) is 3.23. The maximum atomic E-state index is 6.26. The molecule has 0 bridgehead atoms. The van der Waals surface area contributed by atoms with E-state index in [0.717, 1.165) is 35.9 Å². The van der Waals surface area contributed by atoms with Crippen molar-refractivity contribution in [2.24, 2.45) is 16.3 Å². The first-order valence-electron chi connectivity index (χ1n) is 10.0. The Morgan fingerprint density at radius 1 is 1.00 bits per heavy atom. The second kappa shape index (κ2) is 6.96. The van der Waals surface area contributed by atoms with Crippen molar-refractivity contribution in [2.45, 2.75) is 13.3 Å². The highest BCUT2D eigenvalue weighted by molar-refractivity contribution is 6.08. The van der Waals surface area contributed by atoms with Crippen LogP contribution in [0.2, 0.25) is 0 Å². The minimum atomic E-state index is -0.159. The molecule has 4 nitrogen and oxygen atoms in total. The summed E-state index contributed by atoms with van der Waals surface area (Å²) in [6.07, 6.45) is 9.41. The molecule has 2 atom stereocenters. The second-order valence-corrected chi connectivity index (χ2v) is 7.68. The lowest BCUT2D eigenvalue weighted by molar-refractivity contribution is 0.370. The Morgan fingerprint density at radius 2 is 1.79 bits per heavy atom. The molecule has 1 fully saturated rings. The van der Waals surface area contributed by atoms with E-state index in [9.17, 15) is 0 Å². The molecule has 1 spiro atoms. The van der Waals surface area contributed by atoms with E-state index in [1.165, 1.54) is 11.4 Å². The van der Waals surface area contributed by atoms with Crippen LogP contribution < -0.4 is 14.4 Å². The quantitative estimate of drug-likeness (QED) is 0.712. The molecule has 0 saturated carbocycles. The van der Waals surface area contributed by atoms with Gasteiger partial charge in [0.25, 0.3) is 0 Å². The Labute approximate surface area is 171 Å². The summed E-state index contributed by atoms with van der Waals surface area (Å²) >= 11 is 0. The van der Waals surface area contributed by atoms with Crippen molar-refractivity contribution in [2.75, 3.05) is 18.6 Å². The maximum absolute atomic E-state index is 6.26. The van der Waals surface area contributed by atoms with Gasteiger partial charge in [0.05, 0.1) is 18.2 Å². The molecule has 0 radical (unpaired) electrons. The largest absolute Gasteiger partial charge is 0.497 e. The number of methoxy groups -OCH3 is 1. The molecule has 5 rings (SSSR count). The predicted octanol–water partition coefficient (Wildman–Crippen LogP) is 5.36. The molecule has 29 heavy (non-hydrogen) atoms. The van der Waals surface area contributed by atoms with Gasteiger partial charge in [-0.2, -0.15) is 0 Å². The smallest absolute Gasteiger partial charge is 0.149 e. The number of rotatable bonds is 4. The fraction of sp³-hybridized carbons (Fsp3) is 0.240. The molecule has 2 aliphatic heterocycles. The van der Waals surface area contributed by atoms with Crippen LogP contribution in [0.1, 0.15) is 13.3 Å². The third kappa shape index (κ3) is 2.79. The zero-order chi connectivity index (χ0) is 19.8. The van der Waals surface area contributed by atoms with Gasteiger partial charge in [-0.25, -0.2) is 0 Å². The number of allylic oxidation sites excluding steroid dienone is 5. The maximum Gasteiger partial charge on any atom is 0.149 e. The van der Waals surface area contributed by atoms with Gasteiger partial charge in [0.2, 0.25) is 0 Å². The number of anilines is 1.